The number of ketones is 2. The zero-order valence-corrected chi connectivity index (χ0v) is 47.0. The van der Waals surface area contributed by atoms with Crippen molar-refractivity contribution in [3.8, 4) is 0 Å². The topological polar surface area (TPSA) is 355 Å². The first-order chi connectivity index (χ1) is 38.4. The molecule has 10 unspecified atom stereocenters. The van der Waals surface area contributed by atoms with E-state index in [9.17, 15) is 70.2 Å². The molecule has 3 heterocycles. The van der Waals surface area contributed by atoms with Crippen LogP contribution in [0.4, 0.5) is 5.69 Å². The Morgan fingerprint density at radius 1 is 0.728 bits per heavy atom. The Hall–Kier alpha value is -5.08. The number of carbonyl (C=O) groups is 4. The second-order valence-corrected chi connectivity index (χ2v) is 21.6. The van der Waals surface area contributed by atoms with Crippen molar-refractivity contribution in [2.24, 2.45) is 23.5 Å². The van der Waals surface area contributed by atoms with Gasteiger partial charge in [-0.15, -0.1) is 0 Å². The Morgan fingerprint density at radius 2 is 1.28 bits per heavy atom. The highest BCUT2D eigenvalue weighted by Crippen LogP contribution is 2.39. The van der Waals surface area contributed by atoms with Crippen molar-refractivity contribution in [3.63, 3.8) is 0 Å². The fourth-order valence-corrected chi connectivity index (χ4v) is 10.2. The molecule has 0 aromatic heterocycles. The zero-order valence-electron chi connectivity index (χ0n) is 47.0. The third-order valence-corrected chi connectivity index (χ3v) is 14.6. The van der Waals surface area contributed by atoms with Gasteiger partial charge in [-0.3, -0.25) is 19.2 Å². The summed E-state index contributed by atoms with van der Waals surface area (Å²) in [5.74, 6) is -6.85. The summed E-state index contributed by atoms with van der Waals surface area (Å²) in [6, 6.07) is 5.77. The van der Waals surface area contributed by atoms with Crippen molar-refractivity contribution >= 4 is 29.2 Å². The predicted molar refractivity (Wildman–Crippen MR) is 299 cm³/mol. The number of Topliss-reactive ketones (excluding diaryl/α,β-unsaturated/α-hetero) is 2. The van der Waals surface area contributed by atoms with Gasteiger partial charge in [0.2, 0.25) is 0 Å². The number of aliphatic hydroxyl groups is 10. The highest BCUT2D eigenvalue weighted by molar-refractivity contribution is 5.96. The van der Waals surface area contributed by atoms with Crippen molar-refractivity contribution in [2.75, 3.05) is 19.5 Å². The van der Waals surface area contributed by atoms with Crippen LogP contribution in [0, 0.1) is 17.8 Å². The third-order valence-electron chi connectivity index (χ3n) is 14.6. The summed E-state index contributed by atoms with van der Waals surface area (Å²) in [5, 5.41) is 113. The Labute approximate surface area is 474 Å². The van der Waals surface area contributed by atoms with Crippen LogP contribution in [0.25, 0.3) is 0 Å². The molecule has 2 saturated heterocycles. The van der Waals surface area contributed by atoms with E-state index in [-0.39, 0.29) is 49.7 Å². The lowest BCUT2D eigenvalue weighted by atomic mass is 9.82. The van der Waals surface area contributed by atoms with Crippen LogP contribution in [-0.2, 0) is 38.1 Å². The number of allylic oxidation sites excluding steroid dienone is 12. The van der Waals surface area contributed by atoms with Gasteiger partial charge in [-0.05, 0) is 69.2 Å². The fraction of sp³-hybridized carbons (Fsp3) is 0.600. The Bertz CT molecular complexity index is 2320. The lowest BCUT2D eigenvalue weighted by Gasteiger charge is -2.45. The van der Waals surface area contributed by atoms with Crippen LogP contribution < -0.4 is 11.1 Å². The molecular formula is C60H88N2O19. The standard InChI is InChI=1S/C60H88N2O19/c1-36-18-16-14-12-10-8-6-7-9-11-13-15-17-19-48(79-59-56(74)54(61)55(73)38(3)78-59)33-51-53(58(75)77-5)50(71)35-60(76,81-51)34-47(69)30-45(67)28-43(65)26-42(64)27-44(66)29-46(68)32-52(72)80-57(36)37(2)20-25-41(63)31-49(70)39-21-23-40(62-4)24-22-39/h6-19,21-24,36-38,41-43,45-48,50-51,53-57,59,62-65,67-69,71,73-74,76H,20,25-35,61H2,1-5H3/t36?,37?,38-,41?,42-,43?,45?,46+,47?,48?,50?,51-,53?,54+,55-,56+,57?,59+,60+/m1/s1. The second-order valence-electron chi connectivity index (χ2n) is 21.6. The lowest BCUT2D eigenvalue weighted by molar-refractivity contribution is -0.308. The number of nitrogens with one attached hydrogen (secondary N) is 1. The van der Waals surface area contributed by atoms with Crippen LogP contribution >= 0.6 is 0 Å². The summed E-state index contributed by atoms with van der Waals surface area (Å²) in [5.41, 5.74) is 7.39. The van der Waals surface area contributed by atoms with Crippen LogP contribution in [0.3, 0.4) is 0 Å². The molecule has 0 spiro atoms. The van der Waals surface area contributed by atoms with Gasteiger partial charge in [0.15, 0.2) is 17.9 Å². The van der Waals surface area contributed by atoms with E-state index in [0.29, 0.717) is 12.0 Å². The van der Waals surface area contributed by atoms with Crippen LogP contribution in [0.2, 0.25) is 0 Å². The van der Waals surface area contributed by atoms with Crippen LogP contribution in [0.5, 0.6) is 0 Å². The highest BCUT2D eigenvalue weighted by atomic mass is 16.7. The summed E-state index contributed by atoms with van der Waals surface area (Å²) in [4.78, 5) is 52.4. The van der Waals surface area contributed by atoms with Crippen LogP contribution in [0.1, 0.15) is 108 Å². The van der Waals surface area contributed by atoms with Gasteiger partial charge in [0.05, 0.1) is 86.7 Å². The second kappa shape index (κ2) is 34.5. The predicted octanol–water partition coefficient (Wildman–Crippen LogP) is 2.83. The van der Waals surface area contributed by atoms with E-state index in [1.807, 2.05) is 19.9 Å². The van der Waals surface area contributed by atoms with E-state index in [1.165, 1.54) is 0 Å². The lowest BCUT2D eigenvalue weighted by Crippen LogP contribution is -2.61. The molecular weight excluding hydrogens is 1050 g/mol. The normalized spacial score (nSPS) is 34.9. The minimum Gasteiger partial charge on any atom is -0.469 e. The molecule has 1 aromatic rings. The summed E-state index contributed by atoms with van der Waals surface area (Å²) >= 11 is 0. The maximum atomic E-state index is 13.3. The number of fused-ring (bicyclic) bond motifs is 2. The van der Waals surface area contributed by atoms with Gasteiger partial charge < -0.3 is 85.8 Å². The van der Waals surface area contributed by atoms with Gasteiger partial charge in [0.25, 0.3) is 0 Å². The highest BCUT2D eigenvalue weighted by Gasteiger charge is 2.51. The number of methoxy groups -OCH3 is 1. The van der Waals surface area contributed by atoms with Crippen molar-refractivity contribution in [2.45, 2.75) is 195 Å². The molecule has 0 amide bonds. The third kappa shape index (κ3) is 23.6. The smallest absolute Gasteiger partial charge is 0.313 e. The molecule has 3 aliphatic rings. The molecule has 1 aromatic carbocycles. The van der Waals surface area contributed by atoms with E-state index < -0.39 is 160 Å². The van der Waals surface area contributed by atoms with Gasteiger partial charge in [0.1, 0.15) is 23.9 Å². The molecule has 81 heavy (non-hydrogen) atoms. The summed E-state index contributed by atoms with van der Waals surface area (Å²) < 4.78 is 28.9. The Kier molecular flexibility index (Phi) is 29.1. The number of hydrogen-bond acceptors (Lipinski definition) is 21. The minimum atomic E-state index is -2.29. The van der Waals surface area contributed by atoms with E-state index in [1.54, 1.807) is 117 Å². The maximum Gasteiger partial charge on any atom is 0.313 e. The average molecular weight is 1140 g/mol. The van der Waals surface area contributed by atoms with Crippen LogP contribution in [-0.4, -0.2) is 186 Å². The number of cyclic esters (lactones) is 1. The molecule has 4 rings (SSSR count). The van der Waals surface area contributed by atoms with E-state index in [2.05, 4.69) is 5.32 Å². The molecule has 2 bridgehead atoms. The molecule has 13 N–H and O–H groups in total. The summed E-state index contributed by atoms with van der Waals surface area (Å²) in [6.07, 6.45) is 2.92. The van der Waals surface area contributed by atoms with Gasteiger partial charge in [0, 0.05) is 62.7 Å². The Balaban J connectivity index is 1.55. The first-order valence-corrected chi connectivity index (χ1v) is 27.8. The largest absolute Gasteiger partial charge is 0.469 e. The number of ether oxygens (including phenoxy) is 5. The molecule has 0 aliphatic carbocycles. The van der Waals surface area contributed by atoms with Crippen molar-refractivity contribution < 1.29 is 93.9 Å². The number of aliphatic hydroxyl groups excluding tert-OH is 9. The first-order valence-electron chi connectivity index (χ1n) is 27.8. The van der Waals surface area contributed by atoms with Gasteiger partial charge in [-0.1, -0.05) is 98.9 Å². The molecule has 0 saturated carbocycles. The van der Waals surface area contributed by atoms with E-state index in [4.69, 9.17) is 29.4 Å². The van der Waals surface area contributed by atoms with Crippen molar-refractivity contribution in [1.82, 2.24) is 0 Å². The van der Waals surface area contributed by atoms with Crippen molar-refractivity contribution in [1.29, 1.82) is 0 Å². The summed E-state index contributed by atoms with van der Waals surface area (Å²) in [7, 11) is 2.88. The van der Waals surface area contributed by atoms with Crippen LogP contribution in [0.15, 0.2) is 109 Å². The molecule has 21 nitrogen and oxygen atoms in total. The summed E-state index contributed by atoms with van der Waals surface area (Å²) in [6.45, 7) is 5.25. The van der Waals surface area contributed by atoms with Gasteiger partial charge in [-0.2, -0.15) is 0 Å². The monoisotopic (exact) mass is 1140 g/mol. The molecule has 21 heteroatoms. The SMILES string of the molecule is CNc1ccc(C(=O)CC(O)CCC(C)C2OC(=O)C[C@@H](O)CC(=O)C[C@H](O)CC(O)CC(O)CC(O)C[C@@]3(O)CC(O)C(C(=O)OC)[C@@H](CC(O[C@@H]4O[C@H](C)[C@@H](O)[C@H](N)[C@@H]4O)C=CC=CC=CC=CC=CC=CC=CC2C)O3)cc1. The number of rotatable bonds is 11. The molecule has 0 radical (unpaired) electrons. The molecule has 3 aliphatic heterocycles. The first kappa shape index (κ1) is 68.4. The van der Waals surface area contributed by atoms with Gasteiger partial charge in [-0.25, -0.2) is 0 Å². The molecule has 2 fully saturated rings. The number of nitrogens with two attached hydrogens (primary N) is 1. The Morgan fingerprint density at radius 3 is 1.88 bits per heavy atom. The van der Waals surface area contributed by atoms with E-state index >= 15 is 0 Å². The number of carbonyl (C=O) groups excluding carboxylic acids is 4. The van der Waals surface area contributed by atoms with Crippen molar-refractivity contribution in [3.05, 3.63) is 115 Å². The molecule has 19 atom stereocenters. The van der Waals surface area contributed by atoms with Gasteiger partial charge >= 0.3 is 11.9 Å². The maximum absolute atomic E-state index is 13.3. The number of benzene rings is 1. The minimum absolute atomic E-state index is 0.103. The fourth-order valence-electron chi connectivity index (χ4n) is 10.2. The van der Waals surface area contributed by atoms with E-state index in [0.717, 1.165) is 12.8 Å². The quantitative estimate of drug-likeness (QED) is 0.112. The number of esters is 2. The number of hydrogen-bond donors (Lipinski definition) is 12. The molecule has 452 valence electrons. The zero-order chi connectivity index (χ0) is 59.8. The number of anilines is 1. The average Bonchev–Trinajstić information content (AvgIpc) is 3.43.